The zero-order valence-electron chi connectivity index (χ0n) is 13.8. The summed E-state index contributed by atoms with van der Waals surface area (Å²) in [6.45, 7) is 6.64. The number of halogens is 3. The van der Waals surface area contributed by atoms with Crippen molar-refractivity contribution in [2.45, 2.75) is 44.4 Å². The van der Waals surface area contributed by atoms with Gasteiger partial charge in [0.2, 0.25) is 0 Å². The average Bonchev–Trinajstić information content (AvgIpc) is 2.42. The van der Waals surface area contributed by atoms with Crippen LogP contribution < -0.4 is 0 Å². The van der Waals surface area contributed by atoms with Crippen LogP contribution in [-0.4, -0.2) is 29.9 Å². The topological polar surface area (TPSA) is 52.6 Å². The summed E-state index contributed by atoms with van der Waals surface area (Å²) < 4.78 is 49.4. The molecule has 1 aromatic rings. The Morgan fingerprint density at radius 2 is 1.79 bits per heavy atom. The van der Waals surface area contributed by atoms with Crippen LogP contribution in [0, 0.1) is 0 Å². The van der Waals surface area contributed by atoms with Crippen molar-refractivity contribution in [1.29, 1.82) is 0 Å². The number of thioether (sulfide) groups is 1. The Balaban J connectivity index is 3.06. The van der Waals surface area contributed by atoms with Crippen LogP contribution in [0.2, 0.25) is 0 Å². The lowest BCUT2D eigenvalue weighted by Crippen LogP contribution is -2.24. The van der Waals surface area contributed by atoms with Crippen molar-refractivity contribution in [3.05, 3.63) is 29.3 Å². The smallest absolute Gasteiger partial charge is 0.417 e. The summed E-state index contributed by atoms with van der Waals surface area (Å²) in [6.07, 6.45) is -4.66. The Hall–Kier alpha value is -1.70. The molecular weight excluding hydrogens is 345 g/mol. The first kappa shape index (κ1) is 20.3. The van der Waals surface area contributed by atoms with Crippen molar-refractivity contribution >= 4 is 23.7 Å². The maximum atomic E-state index is 13.2. The second kappa shape index (κ2) is 7.92. The predicted octanol–water partition coefficient (Wildman–Crippen LogP) is 4.32. The first-order valence-electron chi connectivity index (χ1n) is 7.17. The normalized spacial score (nSPS) is 12.0. The van der Waals surface area contributed by atoms with E-state index in [4.69, 9.17) is 9.47 Å². The average molecular weight is 364 g/mol. The Kier molecular flexibility index (Phi) is 6.71. The molecular formula is C16H19F3O4S. The van der Waals surface area contributed by atoms with E-state index in [1.54, 1.807) is 27.7 Å². The molecule has 0 aliphatic heterocycles. The second-order valence-electron chi connectivity index (χ2n) is 5.80. The van der Waals surface area contributed by atoms with Crippen molar-refractivity contribution in [2.24, 2.45) is 0 Å². The molecule has 8 heteroatoms. The van der Waals surface area contributed by atoms with Crippen molar-refractivity contribution in [2.75, 3.05) is 12.4 Å². The highest BCUT2D eigenvalue weighted by atomic mass is 32.2. The van der Waals surface area contributed by atoms with E-state index in [1.165, 1.54) is 6.07 Å². The van der Waals surface area contributed by atoms with Gasteiger partial charge in [0.05, 0.1) is 23.5 Å². The van der Waals surface area contributed by atoms with Gasteiger partial charge in [-0.2, -0.15) is 13.2 Å². The number of carbonyl (C=O) groups is 2. The molecule has 0 saturated heterocycles. The molecule has 0 amide bonds. The molecule has 0 saturated carbocycles. The third kappa shape index (κ3) is 6.43. The van der Waals surface area contributed by atoms with E-state index in [1.807, 2.05) is 0 Å². The summed E-state index contributed by atoms with van der Waals surface area (Å²) >= 11 is 0.709. The molecule has 1 rings (SSSR count). The molecule has 0 fully saturated rings. The second-order valence-corrected chi connectivity index (χ2v) is 6.82. The molecule has 0 atom stereocenters. The van der Waals surface area contributed by atoms with Gasteiger partial charge in [-0.3, -0.25) is 4.79 Å². The van der Waals surface area contributed by atoms with E-state index in [0.29, 0.717) is 11.8 Å². The number of hydrogen-bond donors (Lipinski definition) is 0. The Morgan fingerprint density at radius 3 is 2.29 bits per heavy atom. The minimum atomic E-state index is -4.66. The molecule has 0 aliphatic carbocycles. The summed E-state index contributed by atoms with van der Waals surface area (Å²) in [7, 11) is 0. The highest BCUT2D eigenvalue weighted by Crippen LogP contribution is 2.37. The standard InChI is InChI=1S/C16H19F3O4S/c1-5-22-13(20)9-24-12-7-6-10(8-11(12)16(17,18)19)14(21)23-15(2,3)4/h6-8H,5,9H2,1-4H3. The molecule has 0 unspecified atom stereocenters. The minimum absolute atomic E-state index is 0.150. The Labute approximate surface area is 142 Å². The van der Waals surface area contributed by atoms with Gasteiger partial charge in [0.1, 0.15) is 5.60 Å². The third-order valence-electron chi connectivity index (χ3n) is 2.57. The minimum Gasteiger partial charge on any atom is -0.465 e. The lowest BCUT2D eigenvalue weighted by molar-refractivity contribution is -0.141. The van der Waals surface area contributed by atoms with Crippen molar-refractivity contribution in [3.63, 3.8) is 0 Å². The van der Waals surface area contributed by atoms with E-state index < -0.39 is 29.3 Å². The van der Waals surface area contributed by atoms with Gasteiger partial charge in [-0.25, -0.2) is 4.79 Å². The van der Waals surface area contributed by atoms with Crippen molar-refractivity contribution in [3.8, 4) is 0 Å². The van der Waals surface area contributed by atoms with Gasteiger partial charge in [-0.15, -0.1) is 11.8 Å². The van der Waals surface area contributed by atoms with Gasteiger partial charge in [0.25, 0.3) is 0 Å². The molecule has 0 spiro atoms. The molecule has 0 aromatic heterocycles. The van der Waals surface area contributed by atoms with Gasteiger partial charge < -0.3 is 9.47 Å². The molecule has 134 valence electrons. The van der Waals surface area contributed by atoms with Crippen LogP contribution in [0.15, 0.2) is 23.1 Å². The maximum absolute atomic E-state index is 13.2. The molecule has 1 aromatic carbocycles. The van der Waals surface area contributed by atoms with E-state index in [2.05, 4.69) is 0 Å². The fraction of sp³-hybridized carbons (Fsp3) is 0.500. The highest BCUT2D eigenvalue weighted by Gasteiger charge is 2.35. The molecule has 0 bridgehead atoms. The summed E-state index contributed by atoms with van der Waals surface area (Å²) in [5.41, 5.74) is -2.00. The van der Waals surface area contributed by atoms with Gasteiger partial charge in [0.15, 0.2) is 0 Å². The largest absolute Gasteiger partial charge is 0.465 e. The highest BCUT2D eigenvalue weighted by molar-refractivity contribution is 8.00. The SMILES string of the molecule is CCOC(=O)CSc1ccc(C(=O)OC(C)(C)C)cc1C(F)(F)F. The van der Waals surface area contributed by atoms with Gasteiger partial charge in [0, 0.05) is 4.90 Å². The van der Waals surface area contributed by atoms with E-state index in [-0.39, 0.29) is 22.8 Å². The number of ether oxygens (including phenoxy) is 2. The summed E-state index contributed by atoms with van der Waals surface area (Å²) in [4.78, 5) is 23.1. The van der Waals surface area contributed by atoms with E-state index in [0.717, 1.165) is 12.1 Å². The monoisotopic (exact) mass is 364 g/mol. The summed E-state index contributed by atoms with van der Waals surface area (Å²) in [5.74, 6) is -1.69. The Bertz CT molecular complexity index is 606. The van der Waals surface area contributed by atoms with E-state index >= 15 is 0 Å². The number of rotatable bonds is 5. The molecule has 24 heavy (non-hydrogen) atoms. The van der Waals surface area contributed by atoms with Gasteiger partial charge in [-0.1, -0.05) is 0 Å². The predicted molar refractivity (Wildman–Crippen MR) is 84.0 cm³/mol. The number of carbonyl (C=O) groups excluding carboxylic acids is 2. The first-order chi connectivity index (χ1) is 10.9. The first-order valence-corrected chi connectivity index (χ1v) is 8.15. The van der Waals surface area contributed by atoms with Crippen molar-refractivity contribution in [1.82, 2.24) is 0 Å². The third-order valence-corrected chi connectivity index (χ3v) is 3.62. The summed E-state index contributed by atoms with van der Waals surface area (Å²) in [6, 6.07) is 3.14. The number of benzene rings is 1. The fourth-order valence-corrected chi connectivity index (χ4v) is 2.53. The molecule has 4 nitrogen and oxygen atoms in total. The lowest BCUT2D eigenvalue weighted by Gasteiger charge is -2.20. The fourth-order valence-electron chi connectivity index (χ4n) is 1.68. The van der Waals surface area contributed by atoms with E-state index in [9.17, 15) is 22.8 Å². The van der Waals surface area contributed by atoms with Crippen LogP contribution in [0.5, 0.6) is 0 Å². The number of alkyl halides is 3. The molecule has 0 radical (unpaired) electrons. The lowest BCUT2D eigenvalue weighted by atomic mass is 10.1. The molecule has 0 N–H and O–H groups in total. The molecule has 0 aliphatic rings. The quantitative estimate of drug-likeness (QED) is 0.575. The zero-order valence-corrected chi connectivity index (χ0v) is 14.6. The van der Waals surface area contributed by atoms with Crippen LogP contribution >= 0.6 is 11.8 Å². The van der Waals surface area contributed by atoms with Crippen LogP contribution in [0.25, 0.3) is 0 Å². The van der Waals surface area contributed by atoms with Gasteiger partial charge in [-0.05, 0) is 45.9 Å². The van der Waals surface area contributed by atoms with Gasteiger partial charge >= 0.3 is 18.1 Å². The van der Waals surface area contributed by atoms with Crippen LogP contribution in [0.1, 0.15) is 43.6 Å². The zero-order chi connectivity index (χ0) is 18.5. The molecule has 0 heterocycles. The Morgan fingerprint density at radius 1 is 1.17 bits per heavy atom. The van der Waals surface area contributed by atoms with Crippen molar-refractivity contribution < 1.29 is 32.2 Å². The van der Waals surface area contributed by atoms with Crippen LogP contribution in [0.3, 0.4) is 0 Å². The summed E-state index contributed by atoms with van der Waals surface area (Å²) in [5, 5.41) is 0. The number of esters is 2. The van der Waals surface area contributed by atoms with Crippen LogP contribution in [-0.2, 0) is 20.4 Å². The number of hydrogen-bond acceptors (Lipinski definition) is 5. The van der Waals surface area contributed by atoms with Crippen LogP contribution in [0.4, 0.5) is 13.2 Å². The maximum Gasteiger partial charge on any atom is 0.417 e.